The minimum absolute atomic E-state index is 0. The molecule has 3 heterocycles. The number of ether oxygens (including phenoxy) is 1. The lowest BCUT2D eigenvalue weighted by atomic mass is 10.1. The molecule has 0 aliphatic carbocycles. The first-order valence-corrected chi connectivity index (χ1v) is 14.4. The summed E-state index contributed by atoms with van der Waals surface area (Å²) in [6.07, 6.45) is 3.53. The van der Waals surface area contributed by atoms with Gasteiger partial charge in [-0.1, -0.05) is 41.4 Å². The van der Waals surface area contributed by atoms with Crippen LogP contribution in [0.15, 0.2) is 67.0 Å². The predicted octanol–water partition coefficient (Wildman–Crippen LogP) is 7.06. The van der Waals surface area contributed by atoms with E-state index in [1.54, 1.807) is 31.6 Å². The van der Waals surface area contributed by atoms with Crippen molar-refractivity contribution in [2.45, 2.75) is 20.5 Å². The van der Waals surface area contributed by atoms with Crippen LogP contribution in [0, 0.1) is 6.92 Å². The zero-order valence-corrected chi connectivity index (χ0v) is 30.2. The number of carbonyl (C=O) groups excluding carboxylic acids is 2. The van der Waals surface area contributed by atoms with Gasteiger partial charge in [0.05, 0.1) is 10.7 Å². The Bertz CT molecular complexity index is 1610. The molecule has 1 aliphatic heterocycles. The number of carbonyl (C=O) groups is 2. The summed E-state index contributed by atoms with van der Waals surface area (Å²) in [5, 5.41) is 5.12. The minimum atomic E-state index is -0.286. The summed E-state index contributed by atoms with van der Waals surface area (Å²) in [6, 6.07) is 17.0. The quantitative estimate of drug-likeness (QED) is 0.191. The second-order valence-electron chi connectivity index (χ2n) is 10.1. The van der Waals surface area contributed by atoms with Gasteiger partial charge in [-0.25, -0.2) is 9.99 Å². The molecule has 0 unspecified atom stereocenters. The van der Waals surface area contributed by atoms with E-state index in [2.05, 4.69) is 14.9 Å². The topological polar surface area (TPSA) is 82.1 Å². The zero-order chi connectivity index (χ0) is 29.8. The van der Waals surface area contributed by atoms with Crippen molar-refractivity contribution in [2.75, 3.05) is 49.6 Å². The summed E-state index contributed by atoms with van der Waals surface area (Å²) < 4.78 is 6.13. The van der Waals surface area contributed by atoms with Crippen molar-refractivity contribution in [1.82, 2.24) is 20.0 Å². The Kier molecular flexibility index (Phi) is 16.6. The maximum Gasteiger partial charge on any atom is 0.248 e. The molecule has 2 aromatic heterocycles. The summed E-state index contributed by atoms with van der Waals surface area (Å²) in [7, 11) is 1.64. The second-order valence-corrected chi connectivity index (χ2v) is 10.9. The third-order valence-electron chi connectivity index (χ3n) is 7.37. The Balaban J connectivity index is 0.00000264. The van der Waals surface area contributed by atoms with E-state index in [0.29, 0.717) is 40.1 Å². The summed E-state index contributed by atoms with van der Waals surface area (Å²) in [4.78, 5) is 38.4. The number of para-hydroxylation sites is 1. The van der Waals surface area contributed by atoms with Crippen molar-refractivity contribution in [1.29, 1.82) is 0 Å². The van der Waals surface area contributed by atoms with Gasteiger partial charge in [-0.3, -0.25) is 19.6 Å². The highest BCUT2D eigenvalue weighted by atomic mass is 35.5. The normalized spacial score (nSPS) is 12.5. The van der Waals surface area contributed by atoms with Crippen LogP contribution in [0.3, 0.4) is 0 Å². The average molecular weight is 753 g/mol. The lowest BCUT2D eigenvalue weighted by Gasteiger charge is -2.41. The first kappa shape index (κ1) is 41.3. The van der Waals surface area contributed by atoms with Crippen LogP contribution in [-0.4, -0.2) is 71.6 Å². The highest BCUT2D eigenvalue weighted by Gasteiger charge is 2.28. The van der Waals surface area contributed by atoms with Crippen LogP contribution in [0.2, 0.25) is 10.0 Å². The number of rotatable bonds is 8. The van der Waals surface area contributed by atoms with Crippen LogP contribution in [0.4, 0.5) is 11.4 Å². The van der Waals surface area contributed by atoms with Gasteiger partial charge in [-0.15, -0.1) is 49.6 Å². The van der Waals surface area contributed by atoms with E-state index in [1.165, 1.54) is 16.8 Å². The van der Waals surface area contributed by atoms with Crippen molar-refractivity contribution < 1.29 is 14.3 Å². The van der Waals surface area contributed by atoms with E-state index in [4.69, 9.17) is 27.9 Å². The van der Waals surface area contributed by atoms with E-state index in [1.807, 2.05) is 54.4 Å². The number of hydrogen-bond donors (Lipinski definition) is 0. The van der Waals surface area contributed by atoms with E-state index >= 15 is 0 Å². The largest absolute Gasteiger partial charge is 0.487 e. The highest BCUT2D eigenvalue weighted by Crippen LogP contribution is 2.35. The Morgan fingerprint density at radius 3 is 2.24 bits per heavy atom. The van der Waals surface area contributed by atoms with Gasteiger partial charge in [-0.05, 0) is 43.3 Å². The van der Waals surface area contributed by atoms with Crippen LogP contribution < -0.4 is 14.5 Å². The molecule has 9 nitrogen and oxygen atoms in total. The van der Waals surface area contributed by atoms with E-state index in [-0.39, 0.29) is 74.6 Å². The molecule has 1 saturated heterocycles. The fraction of sp³-hybridized carbons (Fsp3) is 0.290. The summed E-state index contributed by atoms with van der Waals surface area (Å²) in [6.45, 7) is 6.00. The molecular weight excluding hydrogens is 717 g/mol. The number of aryl methyl sites for hydroxylation is 1. The molecule has 1 fully saturated rings. The number of hydrazine groups is 1. The zero-order valence-electron chi connectivity index (χ0n) is 25.4. The molecule has 4 aromatic rings. The standard InChI is InChI=1S/C31H32Cl2N6O3.4ClH/c1-21-7-8-23-5-4-6-28(31(23)35-21)42-20-25-26(32)9-10-27(30(25)33)36(3)29(41)19-39(22(2)40)38-17-15-37(16-18-38)24-11-13-34-14-12-24;;;;/h4-14H,15-20H2,1-3H3;4*1H. The number of piperazine rings is 1. The van der Waals surface area contributed by atoms with Crippen molar-refractivity contribution >= 4 is 107 Å². The predicted molar refractivity (Wildman–Crippen MR) is 195 cm³/mol. The number of anilines is 2. The Hall–Kier alpha value is -2.76. The van der Waals surface area contributed by atoms with Crippen molar-refractivity contribution in [3.05, 3.63) is 88.3 Å². The number of halogens is 6. The lowest BCUT2D eigenvalue weighted by molar-refractivity contribution is -0.151. The molecule has 0 atom stereocenters. The van der Waals surface area contributed by atoms with Crippen LogP contribution >= 0.6 is 72.8 Å². The number of nitrogens with zero attached hydrogens (tertiary/aromatic N) is 6. The van der Waals surface area contributed by atoms with Gasteiger partial charge in [0.1, 0.15) is 24.4 Å². The van der Waals surface area contributed by atoms with Crippen LogP contribution in [-0.2, 0) is 16.2 Å². The number of benzene rings is 2. The van der Waals surface area contributed by atoms with E-state index in [9.17, 15) is 9.59 Å². The fourth-order valence-corrected chi connectivity index (χ4v) is 5.60. The molecule has 5 rings (SSSR count). The third kappa shape index (κ3) is 9.41. The van der Waals surface area contributed by atoms with Crippen LogP contribution in [0.5, 0.6) is 5.75 Å². The first-order chi connectivity index (χ1) is 20.2. The Morgan fingerprint density at radius 2 is 1.59 bits per heavy atom. The first-order valence-electron chi connectivity index (χ1n) is 13.6. The van der Waals surface area contributed by atoms with Gasteiger partial charge in [0.2, 0.25) is 11.8 Å². The molecule has 0 spiro atoms. The summed E-state index contributed by atoms with van der Waals surface area (Å²) in [5.74, 6) is 0.121. The SMILES string of the molecule is CC(=O)N(CC(=O)N(C)c1ccc(Cl)c(COc2cccc3ccc(C)nc23)c1Cl)N1CCN(c2ccncc2)CC1.Cl.Cl.Cl.Cl. The smallest absolute Gasteiger partial charge is 0.248 e. The monoisotopic (exact) mass is 750 g/mol. The van der Waals surface area contributed by atoms with Gasteiger partial charge in [0.25, 0.3) is 0 Å². The van der Waals surface area contributed by atoms with Gasteiger partial charge >= 0.3 is 0 Å². The van der Waals surface area contributed by atoms with Gasteiger partial charge < -0.3 is 14.5 Å². The van der Waals surface area contributed by atoms with Crippen molar-refractivity contribution in [3.63, 3.8) is 0 Å². The number of pyridine rings is 2. The molecule has 250 valence electrons. The lowest BCUT2D eigenvalue weighted by Crippen LogP contribution is -2.57. The maximum absolute atomic E-state index is 13.4. The van der Waals surface area contributed by atoms with Gasteiger partial charge in [0, 0.05) is 79.9 Å². The molecule has 2 aromatic carbocycles. The van der Waals surface area contributed by atoms with Crippen molar-refractivity contribution in [3.8, 4) is 5.75 Å². The average Bonchev–Trinajstić information content (AvgIpc) is 3.00. The highest BCUT2D eigenvalue weighted by molar-refractivity contribution is 6.38. The Labute approximate surface area is 303 Å². The Morgan fingerprint density at radius 1 is 0.913 bits per heavy atom. The van der Waals surface area contributed by atoms with Gasteiger partial charge in [-0.2, -0.15) is 0 Å². The molecule has 0 N–H and O–H groups in total. The number of aromatic nitrogens is 2. The molecule has 0 saturated carbocycles. The van der Waals surface area contributed by atoms with Crippen LogP contribution in [0.1, 0.15) is 18.2 Å². The van der Waals surface area contributed by atoms with E-state index in [0.717, 1.165) is 35.4 Å². The molecule has 15 heteroatoms. The molecule has 0 bridgehead atoms. The third-order valence-corrected chi connectivity index (χ3v) is 8.15. The van der Waals surface area contributed by atoms with Gasteiger partial charge in [0.15, 0.2) is 0 Å². The molecule has 0 radical (unpaired) electrons. The fourth-order valence-electron chi connectivity index (χ4n) is 4.99. The maximum atomic E-state index is 13.4. The molecular formula is C31H36Cl6N6O3. The van der Waals surface area contributed by atoms with Crippen molar-refractivity contribution in [2.24, 2.45) is 0 Å². The van der Waals surface area contributed by atoms with Crippen LogP contribution in [0.25, 0.3) is 10.9 Å². The van der Waals surface area contributed by atoms with E-state index < -0.39 is 0 Å². The summed E-state index contributed by atoms with van der Waals surface area (Å²) in [5.41, 5.74) is 3.74. The summed E-state index contributed by atoms with van der Waals surface area (Å²) >= 11 is 13.3. The molecule has 46 heavy (non-hydrogen) atoms. The molecule has 2 amide bonds. The number of hydrogen-bond acceptors (Lipinski definition) is 7. The number of fused-ring (bicyclic) bond motifs is 1. The minimum Gasteiger partial charge on any atom is -0.487 e. The second kappa shape index (κ2) is 18.5. The number of likely N-dealkylation sites (N-methyl/N-ethyl adjacent to an activating group) is 1. The number of amides is 2. The molecule has 1 aliphatic rings.